The third kappa shape index (κ3) is 8.22. The average molecular weight is 189 g/mol. The molecule has 0 fully saturated rings. The van der Waals surface area contributed by atoms with E-state index in [1.165, 1.54) is 0 Å². The molecule has 3 nitrogen and oxygen atoms in total. The smallest absolute Gasteiger partial charge is 0.0558 e. The summed E-state index contributed by atoms with van der Waals surface area (Å²) in [7, 11) is 2.02. The Morgan fingerprint density at radius 3 is 2.31 bits per heavy atom. The Morgan fingerprint density at radius 1 is 1.08 bits per heavy atom. The normalized spacial score (nSPS) is 13.6. The number of hydrogen-bond acceptors (Lipinski definition) is 3. The molecule has 0 aliphatic carbocycles. The van der Waals surface area contributed by atoms with Gasteiger partial charge in [-0.3, -0.25) is 0 Å². The highest BCUT2D eigenvalue weighted by molar-refractivity contribution is 4.56. The van der Waals surface area contributed by atoms with E-state index in [9.17, 15) is 0 Å². The zero-order chi connectivity index (χ0) is 10.1. The van der Waals surface area contributed by atoms with E-state index in [4.69, 9.17) is 10.2 Å². The maximum Gasteiger partial charge on any atom is 0.0558 e. The van der Waals surface area contributed by atoms with E-state index in [0.717, 1.165) is 32.4 Å². The first-order valence-corrected chi connectivity index (χ1v) is 5.11. The molecule has 0 heterocycles. The molecule has 1 unspecified atom stereocenters. The molecule has 0 aliphatic heterocycles. The summed E-state index contributed by atoms with van der Waals surface area (Å²) in [4.78, 5) is 2.13. The quantitative estimate of drug-likeness (QED) is 0.591. The van der Waals surface area contributed by atoms with Crippen molar-refractivity contribution < 1.29 is 10.2 Å². The minimum atomic E-state index is 0.239. The fourth-order valence-corrected chi connectivity index (χ4v) is 1.36. The molecule has 0 aromatic heterocycles. The molecule has 0 radical (unpaired) electrons. The van der Waals surface area contributed by atoms with Gasteiger partial charge in [0.15, 0.2) is 0 Å². The topological polar surface area (TPSA) is 43.7 Å². The van der Waals surface area contributed by atoms with Gasteiger partial charge in [-0.25, -0.2) is 0 Å². The number of aliphatic hydroxyl groups excluding tert-OH is 2. The zero-order valence-electron chi connectivity index (χ0n) is 8.87. The minimum absolute atomic E-state index is 0.239. The van der Waals surface area contributed by atoms with Crippen LogP contribution < -0.4 is 0 Å². The van der Waals surface area contributed by atoms with Gasteiger partial charge in [0.05, 0.1) is 6.61 Å². The highest BCUT2D eigenvalue weighted by Crippen LogP contribution is 2.09. The molecule has 13 heavy (non-hydrogen) atoms. The van der Waals surface area contributed by atoms with Crippen molar-refractivity contribution in [3.05, 3.63) is 0 Å². The van der Waals surface area contributed by atoms with Crippen LogP contribution >= 0.6 is 0 Å². The van der Waals surface area contributed by atoms with Crippen LogP contribution in [0.15, 0.2) is 0 Å². The van der Waals surface area contributed by atoms with E-state index in [1.54, 1.807) is 0 Å². The van der Waals surface area contributed by atoms with Crippen LogP contribution in [0, 0.1) is 5.92 Å². The lowest BCUT2D eigenvalue weighted by molar-refractivity contribution is 0.213. The van der Waals surface area contributed by atoms with E-state index >= 15 is 0 Å². The Bertz CT molecular complexity index is 97.1. The van der Waals surface area contributed by atoms with Gasteiger partial charge in [0, 0.05) is 13.2 Å². The summed E-state index contributed by atoms with van der Waals surface area (Å²) in [6.07, 6.45) is 3.22. The van der Waals surface area contributed by atoms with Gasteiger partial charge in [-0.05, 0) is 38.8 Å². The first-order valence-electron chi connectivity index (χ1n) is 5.11. The van der Waals surface area contributed by atoms with Crippen molar-refractivity contribution in [2.45, 2.75) is 26.2 Å². The van der Waals surface area contributed by atoms with E-state index in [2.05, 4.69) is 11.8 Å². The maximum absolute atomic E-state index is 8.69. The van der Waals surface area contributed by atoms with E-state index in [1.807, 2.05) is 7.05 Å². The molecule has 0 amide bonds. The molecule has 0 aromatic carbocycles. The molecule has 0 aliphatic rings. The molecule has 1 atom stereocenters. The lowest BCUT2D eigenvalue weighted by Gasteiger charge is -2.16. The highest BCUT2D eigenvalue weighted by atomic mass is 16.3. The third-order valence-corrected chi connectivity index (χ3v) is 2.34. The molecule has 0 saturated heterocycles. The minimum Gasteiger partial charge on any atom is -0.396 e. The van der Waals surface area contributed by atoms with E-state index in [0.29, 0.717) is 12.5 Å². The Hall–Kier alpha value is -0.120. The molecular formula is C10H23NO2. The van der Waals surface area contributed by atoms with Crippen LogP contribution in [-0.4, -0.2) is 48.5 Å². The van der Waals surface area contributed by atoms with Crippen molar-refractivity contribution in [2.24, 2.45) is 5.92 Å². The fourth-order valence-electron chi connectivity index (χ4n) is 1.36. The Balaban J connectivity index is 3.23. The molecule has 0 spiro atoms. The number of hydrogen-bond donors (Lipinski definition) is 2. The Labute approximate surface area is 81.4 Å². The second-order valence-electron chi connectivity index (χ2n) is 3.79. The van der Waals surface area contributed by atoms with Crippen LogP contribution in [0.25, 0.3) is 0 Å². The van der Waals surface area contributed by atoms with Gasteiger partial charge >= 0.3 is 0 Å². The SMILES string of the molecule is CC(CCO)CCCN(C)CCO. The van der Waals surface area contributed by atoms with Crippen molar-refractivity contribution in [3.8, 4) is 0 Å². The van der Waals surface area contributed by atoms with Gasteiger partial charge in [-0.2, -0.15) is 0 Å². The summed E-state index contributed by atoms with van der Waals surface area (Å²) >= 11 is 0. The standard InChI is InChI=1S/C10H23NO2/c1-10(5-8-12)4-3-6-11(2)7-9-13/h10,12-13H,3-9H2,1-2H3. The summed E-state index contributed by atoms with van der Waals surface area (Å²) in [5.74, 6) is 0.618. The Morgan fingerprint density at radius 2 is 1.77 bits per heavy atom. The molecule has 0 saturated carbocycles. The number of nitrogens with zero attached hydrogens (tertiary/aromatic N) is 1. The number of aliphatic hydroxyl groups is 2. The molecule has 0 bridgehead atoms. The maximum atomic E-state index is 8.69. The monoisotopic (exact) mass is 189 g/mol. The molecule has 80 valence electrons. The van der Waals surface area contributed by atoms with Crippen LogP contribution in [-0.2, 0) is 0 Å². The summed E-state index contributed by atoms with van der Waals surface area (Å²) < 4.78 is 0. The molecule has 3 heteroatoms. The number of rotatable bonds is 8. The second kappa shape index (κ2) is 8.48. The van der Waals surface area contributed by atoms with Crippen molar-refractivity contribution in [2.75, 3.05) is 33.4 Å². The molecule has 2 N–H and O–H groups in total. The van der Waals surface area contributed by atoms with Gasteiger partial charge in [0.25, 0.3) is 0 Å². The first kappa shape index (κ1) is 12.9. The van der Waals surface area contributed by atoms with Crippen LogP contribution in [0.5, 0.6) is 0 Å². The first-order chi connectivity index (χ1) is 6.20. The van der Waals surface area contributed by atoms with Crippen molar-refractivity contribution in [3.63, 3.8) is 0 Å². The van der Waals surface area contributed by atoms with Crippen molar-refractivity contribution >= 4 is 0 Å². The van der Waals surface area contributed by atoms with Crippen LogP contribution in [0.3, 0.4) is 0 Å². The predicted octanol–water partition coefficient (Wildman–Crippen LogP) is 0.709. The van der Waals surface area contributed by atoms with E-state index < -0.39 is 0 Å². The molecule has 0 rings (SSSR count). The summed E-state index contributed by atoms with van der Waals surface area (Å²) in [6.45, 7) is 4.50. The molecular weight excluding hydrogens is 166 g/mol. The lowest BCUT2D eigenvalue weighted by Crippen LogP contribution is -2.23. The van der Waals surface area contributed by atoms with Crippen LogP contribution in [0.1, 0.15) is 26.2 Å². The lowest BCUT2D eigenvalue weighted by atomic mass is 10.0. The van der Waals surface area contributed by atoms with Crippen LogP contribution in [0.4, 0.5) is 0 Å². The van der Waals surface area contributed by atoms with Crippen molar-refractivity contribution in [1.82, 2.24) is 4.90 Å². The average Bonchev–Trinajstić information content (AvgIpc) is 2.05. The van der Waals surface area contributed by atoms with Gasteiger partial charge in [0.2, 0.25) is 0 Å². The fraction of sp³-hybridized carbons (Fsp3) is 1.00. The summed E-state index contributed by atoms with van der Waals surface area (Å²) in [6, 6.07) is 0. The highest BCUT2D eigenvalue weighted by Gasteiger charge is 2.02. The van der Waals surface area contributed by atoms with Gasteiger partial charge < -0.3 is 15.1 Å². The molecule has 0 aromatic rings. The summed E-state index contributed by atoms with van der Waals surface area (Å²) in [5.41, 5.74) is 0. The third-order valence-electron chi connectivity index (χ3n) is 2.34. The van der Waals surface area contributed by atoms with Crippen LogP contribution in [0.2, 0.25) is 0 Å². The van der Waals surface area contributed by atoms with E-state index in [-0.39, 0.29) is 6.61 Å². The summed E-state index contributed by atoms with van der Waals surface area (Å²) in [5, 5.41) is 17.3. The largest absolute Gasteiger partial charge is 0.396 e. The second-order valence-corrected chi connectivity index (χ2v) is 3.79. The number of likely N-dealkylation sites (N-methyl/N-ethyl adjacent to an activating group) is 1. The van der Waals surface area contributed by atoms with Crippen molar-refractivity contribution in [1.29, 1.82) is 0 Å². The van der Waals surface area contributed by atoms with Gasteiger partial charge in [0.1, 0.15) is 0 Å². The zero-order valence-corrected chi connectivity index (χ0v) is 8.87. The predicted molar refractivity (Wildman–Crippen MR) is 54.7 cm³/mol. The Kier molecular flexibility index (Phi) is 8.40. The van der Waals surface area contributed by atoms with Gasteiger partial charge in [-0.1, -0.05) is 6.92 Å². The van der Waals surface area contributed by atoms with Gasteiger partial charge in [-0.15, -0.1) is 0 Å².